The van der Waals surface area contributed by atoms with Crippen LogP contribution in [0.15, 0.2) is 48.1 Å². The van der Waals surface area contributed by atoms with Gasteiger partial charge in [-0.25, -0.2) is 9.97 Å². The quantitative estimate of drug-likeness (QED) is 0.469. The first-order chi connectivity index (χ1) is 14.7. The minimum absolute atomic E-state index is 0.0588. The molecule has 1 aliphatic carbocycles. The fourth-order valence-electron chi connectivity index (χ4n) is 4.12. The maximum Gasteiger partial charge on any atom is 0.223 e. The van der Waals surface area contributed by atoms with Gasteiger partial charge in [-0.1, -0.05) is 25.0 Å². The Morgan fingerprint density at radius 2 is 2.10 bits per heavy atom. The monoisotopic (exact) mass is 417 g/mol. The number of ketones is 1. The zero-order chi connectivity index (χ0) is 20.5. The standard InChI is InChI=1S/C23H23N5OS/c24-17-5-1-2-6-19(17)27-23-26-12-21-22(28-23)16(13-30-21)20(29)11-14-7-8-18-15(10-14)4-3-9-25-18/h3-4,7-10,12-13,17,19H,1-2,5-6,11,24H2,(H,26,27,28)/t17-,19+/m1/s1. The van der Waals surface area contributed by atoms with Crippen molar-refractivity contribution < 1.29 is 4.79 Å². The lowest BCUT2D eigenvalue weighted by atomic mass is 9.91. The van der Waals surface area contributed by atoms with E-state index in [1.54, 1.807) is 12.4 Å². The molecule has 0 radical (unpaired) electrons. The summed E-state index contributed by atoms with van der Waals surface area (Å²) < 4.78 is 0.916. The van der Waals surface area contributed by atoms with E-state index in [-0.39, 0.29) is 17.9 Å². The number of benzene rings is 1. The smallest absolute Gasteiger partial charge is 0.223 e. The van der Waals surface area contributed by atoms with Gasteiger partial charge in [0.1, 0.15) is 0 Å². The molecule has 3 aromatic heterocycles. The second-order valence-corrected chi connectivity index (χ2v) is 8.80. The number of nitrogens with zero attached hydrogens (tertiary/aromatic N) is 3. The SMILES string of the molecule is N[C@@H]1CCCC[C@@H]1Nc1ncc2scc(C(=O)Cc3ccc4ncccc4c3)c2n1. The Morgan fingerprint density at radius 1 is 1.20 bits per heavy atom. The van der Waals surface area contributed by atoms with Crippen LogP contribution in [-0.4, -0.2) is 32.8 Å². The first kappa shape index (κ1) is 19.1. The summed E-state index contributed by atoms with van der Waals surface area (Å²) in [4.78, 5) is 26.5. The lowest BCUT2D eigenvalue weighted by molar-refractivity contribution is 0.0995. The van der Waals surface area contributed by atoms with Crippen LogP contribution in [0.25, 0.3) is 21.1 Å². The molecular weight excluding hydrogens is 394 g/mol. The summed E-state index contributed by atoms with van der Waals surface area (Å²) in [6, 6.07) is 10.2. The third kappa shape index (κ3) is 3.78. The highest BCUT2D eigenvalue weighted by molar-refractivity contribution is 7.17. The third-order valence-electron chi connectivity index (χ3n) is 5.78. The molecule has 0 saturated heterocycles. The molecule has 152 valence electrons. The van der Waals surface area contributed by atoms with Crippen LogP contribution in [0.2, 0.25) is 0 Å². The van der Waals surface area contributed by atoms with Gasteiger partial charge in [-0.2, -0.15) is 0 Å². The van der Waals surface area contributed by atoms with Gasteiger partial charge in [-0.3, -0.25) is 9.78 Å². The van der Waals surface area contributed by atoms with Gasteiger partial charge in [0.05, 0.1) is 27.5 Å². The van der Waals surface area contributed by atoms with E-state index in [0.29, 0.717) is 23.4 Å². The third-order valence-corrected chi connectivity index (χ3v) is 6.69. The molecule has 1 saturated carbocycles. The van der Waals surface area contributed by atoms with Gasteiger partial charge >= 0.3 is 0 Å². The minimum atomic E-state index is 0.0588. The molecule has 0 unspecified atom stereocenters. The zero-order valence-corrected chi connectivity index (χ0v) is 17.4. The molecule has 5 rings (SSSR count). The van der Waals surface area contributed by atoms with Crippen molar-refractivity contribution in [3.8, 4) is 0 Å². The first-order valence-corrected chi connectivity index (χ1v) is 11.2. The maximum absolute atomic E-state index is 13.1. The number of Topliss-reactive ketones (excluding diaryl/α,β-unsaturated/α-hetero) is 1. The Morgan fingerprint density at radius 3 is 3.00 bits per heavy atom. The Hall–Kier alpha value is -2.90. The predicted molar refractivity (Wildman–Crippen MR) is 121 cm³/mol. The van der Waals surface area contributed by atoms with E-state index in [9.17, 15) is 4.79 Å². The van der Waals surface area contributed by atoms with E-state index >= 15 is 0 Å². The molecule has 0 amide bonds. The van der Waals surface area contributed by atoms with Gasteiger partial charge in [0.25, 0.3) is 0 Å². The number of fused-ring (bicyclic) bond motifs is 2. The molecule has 1 aliphatic rings. The van der Waals surface area contributed by atoms with Gasteiger partial charge in [0.15, 0.2) is 5.78 Å². The highest BCUT2D eigenvalue weighted by atomic mass is 32.1. The first-order valence-electron chi connectivity index (χ1n) is 10.3. The lowest BCUT2D eigenvalue weighted by Gasteiger charge is -2.29. The Kier molecular flexibility index (Phi) is 5.14. The summed E-state index contributed by atoms with van der Waals surface area (Å²) in [5, 5.41) is 6.31. The van der Waals surface area contributed by atoms with E-state index < -0.39 is 0 Å². The van der Waals surface area contributed by atoms with Crippen molar-refractivity contribution in [2.75, 3.05) is 5.32 Å². The van der Waals surface area contributed by atoms with E-state index in [4.69, 9.17) is 5.73 Å². The van der Waals surface area contributed by atoms with Crippen molar-refractivity contribution in [1.29, 1.82) is 0 Å². The second-order valence-electron chi connectivity index (χ2n) is 7.89. The van der Waals surface area contributed by atoms with Crippen molar-refractivity contribution in [2.45, 2.75) is 44.2 Å². The number of hydrogen-bond donors (Lipinski definition) is 2. The minimum Gasteiger partial charge on any atom is -0.350 e. The number of thiophene rings is 1. The van der Waals surface area contributed by atoms with Crippen LogP contribution in [0, 0.1) is 0 Å². The van der Waals surface area contributed by atoms with Crippen molar-refractivity contribution in [3.05, 3.63) is 59.2 Å². The normalized spacial score (nSPS) is 19.2. The summed E-state index contributed by atoms with van der Waals surface area (Å²) in [5.41, 5.74) is 9.52. The Labute approximate surface area is 178 Å². The fraction of sp³-hybridized carbons (Fsp3) is 0.304. The van der Waals surface area contributed by atoms with Gasteiger partial charge < -0.3 is 11.1 Å². The van der Waals surface area contributed by atoms with E-state index in [1.807, 2.05) is 35.7 Å². The number of aromatic nitrogens is 3. The number of pyridine rings is 1. The van der Waals surface area contributed by atoms with Crippen molar-refractivity contribution in [2.24, 2.45) is 5.73 Å². The van der Waals surface area contributed by atoms with Gasteiger partial charge in [-0.15, -0.1) is 11.3 Å². The molecule has 2 atom stereocenters. The van der Waals surface area contributed by atoms with Crippen LogP contribution >= 0.6 is 11.3 Å². The van der Waals surface area contributed by atoms with E-state index in [1.165, 1.54) is 17.8 Å². The zero-order valence-electron chi connectivity index (χ0n) is 16.5. The highest BCUT2D eigenvalue weighted by Gasteiger charge is 2.23. The molecule has 1 fully saturated rings. The Balaban J connectivity index is 1.39. The van der Waals surface area contributed by atoms with Crippen LogP contribution in [0.4, 0.5) is 5.95 Å². The number of nitrogens with one attached hydrogen (secondary N) is 1. The van der Waals surface area contributed by atoms with E-state index in [0.717, 1.165) is 40.4 Å². The number of rotatable bonds is 5. The predicted octanol–water partition coefficient (Wildman–Crippen LogP) is 4.35. The van der Waals surface area contributed by atoms with Crippen molar-refractivity contribution in [1.82, 2.24) is 15.0 Å². The van der Waals surface area contributed by atoms with Crippen LogP contribution in [-0.2, 0) is 6.42 Å². The molecule has 30 heavy (non-hydrogen) atoms. The number of carbonyl (C=O) groups excluding carboxylic acids is 1. The molecule has 0 spiro atoms. The molecule has 0 aliphatic heterocycles. The van der Waals surface area contributed by atoms with Crippen LogP contribution in [0.5, 0.6) is 0 Å². The van der Waals surface area contributed by atoms with Crippen molar-refractivity contribution >= 4 is 44.2 Å². The Bertz CT molecular complexity index is 1220. The molecular formula is C23H23N5OS. The second kappa shape index (κ2) is 8.08. The number of carbonyl (C=O) groups is 1. The molecule has 6 nitrogen and oxygen atoms in total. The number of anilines is 1. The van der Waals surface area contributed by atoms with Gasteiger partial charge in [0.2, 0.25) is 5.95 Å². The topological polar surface area (TPSA) is 93.8 Å². The molecule has 3 N–H and O–H groups in total. The molecule has 1 aromatic carbocycles. The molecule has 3 heterocycles. The lowest BCUT2D eigenvalue weighted by Crippen LogP contribution is -2.42. The summed E-state index contributed by atoms with van der Waals surface area (Å²) in [7, 11) is 0. The summed E-state index contributed by atoms with van der Waals surface area (Å²) in [6.45, 7) is 0. The molecule has 7 heteroatoms. The average Bonchev–Trinajstić information content (AvgIpc) is 3.19. The van der Waals surface area contributed by atoms with E-state index in [2.05, 4.69) is 20.3 Å². The highest BCUT2D eigenvalue weighted by Crippen LogP contribution is 2.27. The molecule has 4 aromatic rings. The number of nitrogens with two attached hydrogens (primary N) is 1. The van der Waals surface area contributed by atoms with Crippen LogP contribution in [0.3, 0.4) is 0 Å². The van der Waals surface area contributed by atoms with Gasteiger partial charge in [-0.05, 0) is 36.6 Å². The maximum atomic E-state index is 13.1. The average molecular weight is 418 g/mol. The summed E-state index contributed by atoms with van der Waals surface area (Å²) in [5.74, 6) is 0.609. The fourth-order valence-corrected chi connectivity index (χ4v) is 4.98. The van der Waals surface area contributed by atoms with Crippen molar-refractivity contribution in [3.63, 3.8) is 0 Å². The summed E-state index contributed by atoms with van der Waals surface area (Å²) in [6.07, 6.45) is 8.28. The largest absolute Gasteiger partial charge is 0.350 e. The van der Waals surface area contributed by atoms with Crippen LogP contribution in [0.1, 0.15) is 41.6 Å². The van der Waals surface area contributed by atoms with Gasteiger partial charge in [0, 0.05) is 35.5 Å². The number of hydrogen-bond acceptors (Lipinski definition) is 7. The van der Waals surface area contributed by atoms with Crippen LogP contribution < -0.4 is 11.1 Å². The molecule has 0 bridgehead atoms. The summed E-state index contributed by atoms with van der Waals surface area (Å²) >= 11 is 1.50.